The van der Waals surface area contributed by atoms with Crippen LogP contribution in [0.15, 0.2) is 48.5 Å². The lowest BCUT2D eigenvalue weighted by Crippen LogP contribution is -2.52. The zero-order chi connectivity index (χ0) is 25.5. The van der Waals surface area contributed by atoms with Crippen molar-refractivity contribution in [1.82, 2.24) is 10.2 Å². The molecule has 0 radical (unpaired) electrons. The zero-order valence-electron chi connectivity index (χ0n) is 21.2. The molecule has 1 saturated heterocycles. The van der Waals surface area contributed by atoms with Gasteiger partial charge in [-0.25, -0.2) is 0 Å². The predicted molar refractivity (Wildman–Crippen MR) is 141 cm³/mol. The molecule has 3 rings (SSSR count). The molecule has 2 aromatic rings. The van der Waals surface area contributed by atoms with Crippen molar-refractivity contribution in [3.05, 3.63) is 70.2 Å². The number of rotatable bonds is 9. The summed E-state index contributed by atoms with van der Waals surface area (Å²) < 4.78 is 0. The Morgan fingerprint density at radius 1 is 1.00 bits per heavy atom. The third-order valence-electron chi connectivity index (χ3n) is 6.59. The first-order valence-electron chi connectivity index (χ1n) is 12.6. The van der Waals surface area contributed by atoms with E-state index in [1.54, 1.807) is 18.2 Å². The average molecular weight is 497 g/mol. The molecule has 1 fully saturated rings. The van der Waals surface area contributed by atoms with E-state index >= 15 is 0 Å². The van der Waals surface area contributed by atoms with Crippen LogP contribution in [0, 0.1) is 11.8 Å². The van der Waals surface area contributed by atoms with Crippen molar-refractivity contribution in [2.24, 2.45) is 11.8 Å². The molecule has 0 bridgehead atoms. The predicted octanol–water partition coefficient (Wildman–Crippen LogP) is 5.66. The highest BCUT2D eigenvalue weighted by Gasteiger charge is 2.31. The molecular weight excluding hydrogens is 460 g/mol. The third-order valence-corrected chi connectivity index (χ3v) is 6.85. The van der Waals surface area contributed by atoms with Crippen molar-refractivity contribution >= 4 is 29.2 Å². The van der Waals surface area contributed by atoms with Gasteiger partial charge in [0, 0.05) is 36.5 Å². The van der Waals surface area contributed by atoms with E-state index in [1.165, 1.54) is 5.56 Å². The Bertz CT molecular complexity index is 1020. The lowest BCUT2D eigenvalue weighted by Gasteiger charge is -2.35. The molecule has 0 saturated carbocycles. The summed E-state index contributed by atoms with van der Waals surface area (Å²) in [4.78, 5) is 40.5. The second-order valence-electron chi connectivity index (χ2n) is 10.4. The first-order valence-corrected chi connectivity index (χ1v) is 13.0. The van der Waals surface area contributed by atoms with E-state index in [4.69, 9.17) is 11.6 Å². The number of hydrogen-bond donors (Lipinski definition) is 1. The molecule has 0 aromatic heterocycles. The minimum Gasteiger partial charge on any atom is -0.341 e. The zero-order valence-corrected chi connectivity index (χ0v) is 22.0. The number of nitrogens with zero attached hydrogens (tertiary/aromatic N) is 1. The monoisotopic (exact) mass is 496 g/mol. The number of halogens is 1. The largest absolute Gasteiger partial charge is 0.341 e. The van der Waals surface area contributed by atoms with Crippen LogP contribution in [0.1, 0.15) is 74.4 Å². The van der Waals surface area contributed by atoms with Gasteiger partial charge in [-0.2, -0.15) is 0 Å². The Morgan fingerprint density at radius 2 is 1.66 bits per heavy atom. The van der Waals surface area contributed by atoms with Gasteiger partial charge >= 0.3 is 0 Å². The molecule has 1 atom stereocenters. The number of nitrogens with one attached hydrogen (secondary N) is 1. The van der Waals surface area contributed by atoms with E-state index in [2.05, 4.69) is 17.4 Å². The summed E-state index contributed by atoms with van der Waals surface area (Å²) in [6.07, 6.45) is 2.61. The number of likely N-dealkylation sites (tertiary alicyclic amines) is 1. The number of Topliss-reactive ketones (excluding diaryl/α,β-unsaturated/α-hetero) is 1. The maximum atomic E-state index is 13.4. The minimum absolute atomic E-state index is 0.0360. The van der Waals surface area contributed by atoms with E-state index in [0.717, 1.165) is 23.4 Å². The van der Waals surface area contributed by atoms with Crippen molar-refractivity contribution < 1.29 is 14.4 Å². The van der Waals surface area contributed by atoms with Crippen molar-refractivity contribution in [3.63, 3.8) is 0 Å². The van der Waals surface area contributed by atoms with Crippen LogP contribution in [0.2, 0.25) is 5.02 Å². The van der Waals surface area contributed by atoms with Gasteiger partial charge in [0.05, 0.1) is 0 Å². The molecule has 1 N–H and O–H groups in total. The molecule has 1 aliphatic rings. The highest BCUT2D eigenvalue weighted by molar-refractivity contribution is 6.30. The second kappa shape index (κ2) is 12.3. The number of hydrogen-bond acceptors (Lipinski definition) is 3. The van der Waals surface area contributed by atoms with E-state index in [1.807, 2.05) is 50.8 Å². The Kier molecular flexibility index (Phi) is 9.50. The average Bonchev–Trinajstić information content (AvgIpc) is 2.82. The lowest BCUT2D eigenvalue weighted by atomic mass is 9.89. The summed E-state index contributed by atoms with van der Waals surface area (Å²) in [7, 11) is 0. The first kappa shape index (κ1) is 26.9. The molecule has 5 nitrogen and oxygen atoms in total. The van der Waals surface area contributed by atoms with Crippen molar-refractivity contribution in [3.8, 4) is 0 Å². The summed E-state index contributed by atoms with van der Waals surface area (Å²) in [6, 6.07) is 14.5. The molecule has 1 heterocycles. The van der Waals surface area contributed by atoms with Gasteiger partial charge in [-0.15, -0.1) is 0 Å². The van der Waals surface area contributed by atoms with Crippen molar-refractivity contribution in [1.29, 1.82) is 0 Å². The number of carbonyl (C=O) groups excluding carboxylic acids is 3. The molecular formula is C29H37ClN2O3. The number of benzene rings is 2. The molecule has 35 heavy (non-hydrogen) atoms. The SMILES string of the molecule is CC(C)CC(=O)Cc1cccc(C(=O)N[C@@H](C(=O)N2CCC(c3ccc(Cl)cc3)CC2)C(C)C)c1. The second-order valence-corrected chi connectivity index (χ2v) is 10.8. The van der Waals surface area contributed by atoms with Gasteiger partial charge in [-0.1, -0.05) is 63.6 Å². The van der Waals surface area contributed by atoms with Crippen LogP contribution < -0.4 is 5.32 Å². The fourth-order valence-electron chi connectivity index (χ4n) is 4.68. The fourth-order valence-corrected chi connectivity index (χ4v) is 4.81. The number of ketones is 1. The first-order chi connectivity index (χ1) is 16.6. The summed E-state index contributed by atoms with van der Waals surface area (Å²) in [5, 5.41) is 3.69. The maximum absolute atomic E-state index is 13.4. The molecule has 188 valence electrons. The van der Waals surface area contributed by atoms with Crippen LogP contribution in [-0.2, 0) is 16.0 Å². The van der Waals surface area contributed by atoms with Gasteiger partial charge in [0.2, 0.25) is 5.91 Å². The molecule has 6 heteroatoms. The number of piperidine rings is 1. The van der Waals surface area contributed by atoms with Crippen molar-refractivity contribution in [2.45, 2.75) is 65.3 Å². The molecule has 0 unspecified atom stereocenters. The maximum Gasteiger partial charge on any atom is 0.251 e. The molecule has 0 aliphatic carbocycles. The molecule has 2 amide bonds. The Labute approximate surface area is 214 Å². The number of amides is 2. The lowest BCUT2D eigenvalue weighted by molar-refractivity contribution is -0.135. The van der Waals surface area contributed by atoms with Crippen LogP contribution in [0.4, 0.5) is 0 Å². The number of carbonyl (C=O) groups is 3. The van der Waals surface area contributed by atoms with E-state index in [9.17, 15) is 14.4 Å². The van der Waals surface area contributed by atoms with E-state index in [-0.39, 0.29) is 23.5 Å². The molecule has 1 aliphatic heterocycles. The minimum atomic E-state index is -0.596. The smallest absolute Gasteiger partial charge is 0.251 e. The van der Waals surface area contributed by atoms with Gasteiger partial charge in [0.1, 0.15) is 11.8 Å². The van der Waals surface area contributed by atoms with E-state index in [0.29, 0.717) is 43.3 Å². The highest BCUT2D eigenvalue weighted by Crippen LogP contribution is 2.29. The third kappa shape index (κ3) is 7.66. The van der Waals surface area contributed by atoms with E-state index < -0.39 is 6.04 Å². The Balaban J connectivity index is 1.61. The normalized spacial score (nSPS) is 15.3. The quantitative estimate of drug-likeness (QED) is 0.487. The molecule has 2 aromatic carbocycles. The van der Waals surface area contributed by atoms with Gasteiger partial charge in [0.25, 0.3) is 5.91 Å². The Hall–Kier alpha value is -2.66. The Morgan fingerprint density at radius 3 is 2.26 bits per heavy atom. The molecule has 0 spiro atoms. The van der Waals surface area contributed by atoms with Crippen LogP contribution in [0.3, 0.4) is 0 Å². The summed E-state index contributed by atoms with van der Waals surface area (Å²) >= 11 is 6.01. The fraction of sp³-hybridized carbons (Fsp3) is 0.483. The highest BCUT2D eigenvalue weighted by atomic mass is 35.5. The topological polar surface area (TPSA) is 66.5 Å². The van der Waals surface area contributed by atoms with Gasteiger partial charge in [-0.05, 0) is 66.0 Å². The van der Waals surface area contributed by atoms with Crippen LogP contribution in [0.25, 0.3) is 0 Å². The van der Waals surface area contributed by atoms with Crippen molar-refractivity contribution in [2.75, 3.05) is 13.1 Å². The van der Waals surface area contributed by atoms with Gasteiger partial charge < -0.3 is 10.2 Å². The van der Waals surface area contributed by atoms with Crippen LogP contribution >= 0.6 is 11.6 Å². The van der Waals surface area contributed by atoms with Crippen LogP contribution in [0.5, 0.6) is 0 Å². The summed E-state index contributed by atoms with van der Waals surface area (Å²) in [5.74, 6) is 0.510. The van der Waals surface area contributed by atoms with Crippen LogP contribution in [-0.4, -0.2) is 41.6 Å². The standard InChI is InChI=1S/C29H37ClN2O3/c1-19(2)16-26(33)18-21-6-5-7-24(17-21)28(34)31-27(20(3)4)29(35)32-14-12-23(13-15-32)22-8-10-25(30)11-9-22/h5-11,17,19-20,23,27H,12-16,18H2,1-4H3,(H,31,34)/t27-/m1/s1. The summed E-state index contributed by atoms with van der Waals surface area (Å²) in [6.45, 7) is 9.27. The van der Waals surface area contributed by atoms with Gasteiger partial charge in [0.15, 0.2) is 0 Å². The van der Waals surface area contributed by atoms with Gasteiger partial charge in [-0.3, -0.25) is 14.4 Å². The summed E-state index contributed by atoms with van der Waals surface area (Å²) in [5.41, 5.74) is 2.54.